The first-order chi connectivity index (χ1) is 10.3. The van der Waals surface area contributed by atoms with Gasteiger partial charge in [0.25, 0.3) is 0 Å². The third-order valence-corrected chi connectivity index (χ3v) is 3.27. The molecule has 0 aliphatic carbocycles. The molecule has 116 valence electrons. The van der Waals surface area contributed by atoms with Gasteiger partial charge in [-0.05, 0) is 48.7 Å². The minimum Gasteiger partial charge on any atom is -0.462 e. The Kier molecular flexibility index (Phi) is 4.54. The highest BCUT2D eigenvalue weighted by Gasteiger charge is 2.29. The Morgan fingerprint density at radius 1 is 1.05 bits per heavy atom. The van der Waals surface area contributed by atoms with Gasteiger partial charge in [0, 0.05) is 0 Å². The van der Waals surface area contributed by atoms with Crippen molar-refractivity contribution in [2.45, 2.75) is 20.0 Å². The molecule has 0 spiro atoms. The molecule has 0 atom stereocenters. The minimum absolute atomic E-state index is 0.291. The summed E-state index contributed by atoms with van der Waals surface area (Å²) in [6.07, 6.45) is -4.35. The lowest BCUT2D eigenvalue weighted by molar-refractivity contribution is -0.137. The fraction of sp³-hybridized carbons (Fsp3) is 0.235. The smallest absolute Gasteiger partial charge is 0.416 e. The summed E-state index contributed by atoms with van der Waals surface area (Å²) in [6.45, 7) is 3.78. The van der Waals surface area contributed by atoms with Crippen LogP contribution < -0.4 is 0 Å². The lowest BCUT2D eigenvalue weighted by Gasteiger charge is -2.10. The Bertz CT molecular complexity index is 673. The van der Waals surface area contributed by atoms with Crippen LogP contribution >= 0.6 is 0 Å². The lowest BCUT2D eigenvalue weighted by Crippen LogP contribution is -2.06. The van der Waals surface area contributed by atoms with Crippen LogP contribution in [0.4, 0.5) is 13.2 Å². The summed E-state index contributed by atoms with van der Waals surface area (Å²) in [6, 6.07) is 10.0. The highest BCUT2D eigenvalue weighted by molar-refractivity contribution is 5.91. The summed E-state index contributed by atoms with van der Waals surface area (Å²) in [5.41, 5.74) is 1.90. The maximum atomic E-state index is 12.5. The van der Waals surface area contributed by atoms with Crippen molar-refractivity contribution >= 4 is 5.97 Å². The zero-order chi connectivity index (χ0) is 16.3. The Morgan fingerprint density at radius 3 is 2.14 bits per heavy atom. The van der Waals surface area contributed by atoms with E-state index in [1.54, 1.807) is 32.0 Å². The Balaban J connectivity index is 2.30. The fourth-order valence-corrected chi connectivity index (χ4v) is 2.13. The van der Waals surface area contributed by atoms with Crippen molar-refractivity contribution in [3.63, 3.8) is 0 Å². The topological polar surface area (TPSA) is 26.3 Å². The average molecular weight is 308 g/mol. The van der Waals surface area contributed by atoms with Crippen molar-refractivity contribution in [1.82, 2.24) is 0 Å². The van der Waals surface area contributed by atoms with Crippen molar-refractivity contribution < 1.29 is 22.7 Å². The molecule has 0 saturated heterocycles. The molecule has 0 saturated carbocycles. The highest BCUT2D eigenvalue weighted by atomic mass is 19.4. The summed E-state index contributed by atoms with van der Waals surface area (Å²) < 4.78 is 42.6. The third kappa shape index (κ3) is 3.47. The largest absolute Gasteiger partial charge is 0.462 e. The number of rotatable bonds is 3. The standard InChI is InChI=1S/C17H15F3O2/c1-3-22-16(21)15-9-6-13(10-11(15)2)12-4-7-14(8-5-12)17(18,19)20/h4-10H,3H2,1-2H3. The van der Waals surface area contributed by atoms with Gasteiger partial charge in [-0.2, -0.15) is 13.2 Å². The van der Waals surface area contributed by atoms with E-state index in [0.717, 1.165) is 23.3 Å². The van der Waals surface area contributed by atoms with Crippen LogP contribution in [0.5, 0.6) is 0 Å². The van der Waals surface area contributed by atoms with Crippen LogP contribution in [0.1, 0.15) is 28.4 Å². The van der Waals surface area contributed by atoms with Crippen molar-refractivity contribution in [1.29, 1.82) is 0 Å². The number of alkyl halides is 3. The molecule has 0 unspecified atom stereocenters. The Labute approximate surface area is 126 Å². The lowest BCUT2D eigenvalue weighted by atomic mass is 9.99. The van der Waals surface area contributed by atoms with E-state index in [0.29, 0.717) is 17.7 Å². The molecular formula is C17H15F3O2. The molecule has 0 aromatic heterocycles. The van der Waals surface area contributed by atoms with Crippen LogP contribution in [0.15, 0.2) is 42.5 Å². The zero-order valence-corrected chi connectivity index (χ0v) is 12.2. The van der Waals surface area contributed by atoms with Gasteiger partial charge in [0.1, 0.15) is 0 Å². The first kappa shape index (κ1) is 16.1. The maximum Gasteiger partial charge on any atom is 0.416 e. The molecule has 2 rings (SSSR count). The summed E-state index contributed by atoms with van der Waals surface area (Å²) in [5, 5.41) is 0. The van der Waals surface area contributed by atoms with E-state index in [-0.39, 0.29) is 0 Å². The second-order valence-electron chi connectivity index (χ2n) is 4.83. The van der Waals surface area contributed by atoms with Crippen LogP contribution in [0.2, 0.25) is 0 Å². The number of hydrogen-bond acceptors (Lipinski definition) is 2. The molecule has 5 heteroatoms. The molecule has 0 radical (unpaired) electrons. The second-order valence-corrected chi connectivity index (χ2v) is 4.83. The van der Waals surface area contributed by atoms with Crippen LogP contribution in [-0.4, -0.2) is 12.6 Å². The van der Waals surface area contributed by atoms with Crippen molar-refractivity contribution in [2.75, 3.05) is 6.61 Å². The van der Waals surface area contributed by atoms with Crippen LogP contribution in [0.25, 0.3) is 11.1 Å². The van der Waals surface area contributed by atoms with Gasteiger partial charge < -0.3 is 4.74 Å². The number of halogens is 3. The molecule has 0 fully saturated rings. The van der Waals surface area contributed by atoms with E-state index < -0.39 is 17.7 Å². The van der Waals surface area contributed by atoms with Gasteiger partial charge in [-0.3, -0.25) is 0 Å². The number of hydrogen-bond donors (Lipinski definition) is 0. The number of carbonyl (C=O) groups is 1. The summed E-state index contributed by atoms with van der Waals surface area (Å²) in [4.78, 5) is 11.7. The summed E-state index contributed by atoms with van der Waals surface area (Å²) in [7, 11) is 0. The summed E-state index contributed by atoms with van der Waals surface area (Å²) >= 11 is 0. The fourth-order valence-electron chi connectivity index (χ4n) is 2.13. The van der Waals surface area contributed by atoms with E-state index in [1.165, 1.54) is 12.1 Å². The molecule has 0 bridgehead atoms. The SMILES string of the molecule is CCOC(=O)c1ccc(-c2ccc(C(F)(F)F)cc2)cc1C. The molecule has 22 heavy (non-hydrogen) atoms. The predicted molar refractivity (Wildman–Crippen MR) is 77.6 cm³/mol. The van der Waals surface area contributed by atoms with E-state index in [2.05, 4.69) is 0 Å². The molecule has 2 aromatic rings. The Hall–Kier alpha value is -2.30. The quantitative estimate of drug-likeness (QED) is 0.757. The van der Waals surface area contributed by atoms with Crippen LogP contribution in [0, 0.1) is 6.92 Å². The molecule has 0 aliphatic heterocycles. The highest BCUT2D eigenvalue weighted by Crippen LogP contribution is 2.31. The van der Waals surface area contributed by atoms with Gasteiger partial charge in [0.15, 0.2) is 0 Å². The minimum atomic E-state index is -4.35. The first-order valence-electron chi connectivity index (χ1n) is 6.78. The van der Waals surface area contributed by atoms with Gasteiger partial charge >= 0.3 is 12.1 Å². The second kappa shape index (κ2) is 6.22. The molecule has 0 N–H and O–H groups in total. The molecule has 0 amide bonds. The number of benzene rings is 2. The van der Waals surface area contributed by atoms with Gasteiger partial charge in [-0.15, -0.1) is 0 Å². The Morgan fingerprint density at radius 2 is 1.64 bits per heavy atom. The van der Waals surface area contributed by atoms with Crippen molar-refractivity contribution in [3.8, 4) is 11.1 Å². The van der Waals surface area contributed by atoms with Crippen LogP contribution in [0.3, 0.4) is 0 Å². The molecular weight excluding hydrogens is 293 g/mol. The van der Waals surface area contributed by atoms with E-state index in [9.17, 15) is 18.0 Å². The van der Waals surface area contributed by atoms with E-state index in [1.807, 2.05) is 0 Å². The number of carbonyl (C=O) groups excluding carboxylic acids is 1. The molecule has 2 nitrogen and oxygen atoms in total. The normalized spacial score (nSPS) is 11.3. The van der Waals surface area contributed by atoms with E-state index >= 15 is 0 Å². The van der Waals surface area contributed by atoms with Gasteiger partial charge in [0.05, 0.1) is 17.7 Å². The van der Waals surface area contributed by atoms with Gasteiger partial charge in [0.2, 0.25) is 0 Å². The zero-order valence-electron chi connectivity index (χ0n) is 12.2. The monoisotopic (exact) mass is 308 g/mol. The molecule has 2 aromatic carbocycles. The van der Waals surface area contributed by atoms with Crippen LogP contribution in [-0.2, 0) is 10.9 Å². The number of esters is 1. The van der Waals surface area contributed by atoms with Gasteiger partial charge in [-0.1, -0.05) is 24.3 Å². The molecule has 0 heterocycles. The van der Waals surface area contributed by atoms with Gasteiger partial charge in [-0.25, -0.2) is 4.79 Å². The number of aryl methyl sites for hydroxylation is 1. The molecule has 0 aliphatic rings. The summed E-state index contributed by atoms with van der Waals surface area (Å²) in [5.74, 6) is -0.404. The number of ether oxygens (including phenoxy) is 1. The first-order valence-corrected chi connectivity index (χ1v) is 6.78. The maximum absolute atomic E-state index is 12.5. The predicted octanol–water partition coefficient (Wildman–Crippen LogP) is 4.86. The van der Waals surface area contributed by atoms with E-state index in [4.69, 9.17) is 4.74 Å². The van der Waals surface area contributed by atoms with Crippen molar-refractivity contribution in [3.05, 3.63) is 59.2 Å². The third-order valence-electron chi connectivity index (χ3n) is 3.27. The van der Waals surface area contributed by atoms with Crippen molar-refractivity contribution in [2.24, 2.45) is 0 Å². The average Bonchev–Trinajstić information content (AvgIpc) is 2.46.